The first-order valence-electron chi connectivity index (χ1n) is 7.94. The lowest BCUT2D eigenvalue weighted by molar-refractivity contribution is 0.0754. The summed E-state index contributed by atoms with van der Waals surface area (Å²) in [4.78, 5) is 16.9. The molecule has 1 fully saturated rings. The number of hydrogen-bond donors (Lipinski definition) is 1. The second-order valence-electron chi connectivity index (χ2n) is 5.85. The predicted octanol–water partition coefficient (Wildman–Crippen LogP) is 1.74. The number of rotatable bonds is 6. The zero-order chi connectivity index (χ0) is 15.2. The normalized spacial score (nSPS) is 18.9. The minimum atomic E-state index is 0.108. The molecule has 1 atom stereocenters. The number of carbonyl (C=O) groups excluding carboxylic acids is 1. The van der Waals surface area contributed by atoms with Crippen LogP contribution in [0.2, 0.25) is 0 Å². The maximum absolute atomic E-state index is 12.6. The quantitative estimate of drug-likeness (QED) is 0.868. The Labute approximate surface area is 127 Å². The summed E-state index contributed by atoms with van der Waals surface area (Å²) in [5.41, 5.74) is 7.49. The van der Waals surface area contributed by atoms with Crippen LogP contribution < -0.4 is 5.73 Å². The lowest BCUT2D eigenvalue weighted by Crippen LogP contribution is -2.41. The Morgan fingerprint density at radius 1 is 1.48 bits per heavy atom. The molecule has 1 amide bonds. The summed E-state index contributed by atoms with van der Waals surface area (Å²) in [7, 11) is 1.91. The molecule has 2 rings (SSSR count). The average Bonchev–Trinajstić information content (AvgIpc) is 2.94. The van der Waals surface area contributed by atoms with Crippen LogP contribution in [0.15, 0.2) is 24.3 Å². The average molecular weight is 289 g/mol. The van der Waals surface area contributed by atoms with Gasteiger partial charge >= 0.3 is 0 Å². The number of nitrogens with zero attached hydrogens (tertiary/aromatic N) is 2. The van der Waals surface area contributed by atoms with Gasteiger partial charge in [0.05, 0.1) is 0 Å². The van der Waals surface area contributed by atoms with E-state index in [1.54, 1.807) is 0 Å². The zero-order valence-corrected chi connectivity index (χ0v) is 13.2. The van der Waals surface area contributed by atoms with Crippen molar-refractivity contribution in [3.8, 4) is 0 Å². The summed E-state index contributed by atoms with van der Waals surface area (Å²) < 4.78 is 0. The first-order chi connectivity index (χ1) is 10.2. The highest BCUT2D eigenvalue weighted by Crippen LogP contribution is 2.18. The van der Waals surface area contributed by atoms with E-state index in [0.717, 1.165) is 37.2 Å². The number of amides is 1. The Bertz CT molecular complexity index is 475. The second-order valence-corrected chi connectivity index (χ2v) is 5.85. The molecule has 0 bridgehead atoms. The van der Waals surface area contributed by atoms with Crippen molar-refractivity contribution in [2.45, 2.75) is 32.2 Å². The predicted molar refractivity (Wildman–Crippen MR) is 86.4 cm³/mol. The monoisotopic (exact) mass is 289 g/mol. The van der Waals surface area contributed by atoms with E-state index in [9.17, 15) is 4.79 Å². The maximum atomic E-state index is 12.6. The van der Waals surface area contributed by atoms with Crippen LogP contribution in [0.5, 0.6) is 0 Å². The number of hydrogen-bond acceptors (Lipinski definition) is 3. The van der Waals surface area contributed by atoms with Crippen molar-refractivity contribution in [2.75, 3.05) is 33.2 Å². The summed E-state index contributed by atoms with van der Waals surface area (Å²) in [5.74, 6) is 0.108. The van der Waals surface area contributed by atoms with E-state index in [4.69, 9.17) is 5.73 Å². The van der Waals surface area contributed by atoms with Gasteiger partial charge < -0.3 is 10.6 Å². The number of benzene rings is 1. The van der Waals surface area contributed by atoms with Crippen molar-refractivity contribution in [2.24, 2.45) is 5.73 Å². The largest absolute Gasteiger partial charge is 0.340 e. The van der Waals surface area contributed by atoms with Crippen LogP contribution in [0.4, 0.5) is 0 Å². The van der Waals surface area contributed by atoms with Crippen LogP contribution in [0.3, 0.4) is 0 Å². The molecule has 1 aromatic carbocycles. The van der Waals surface area contributed by atoms with Crippen molar-refractivity contribution in [1.82, 2.24) is 9.80 Å². The van der Waals surface area contributed by atoms with Gasteiger partial charge in [0.1, 0.15) is 0 Å². The molecule has 4 heteroatoms. The highest BCUT2D eigenvalue weighted by molar-refractivity contribution is 5.94. The third-order valence-corrected chi connectivity index (χ3v) is 4.34. The molecular formula is C17H27N3O. The molecule has 1 heterocycles. The molecule has 1 saturated heterocycles. The Balaban J connectivity index is 2.00. The molecule has 0 radical (unpaired) electrons. The smallest absolute Gasteiger partial charge is 0.253 e. The van der Waals surface area contributed by atoms with Crippen molar-refractivity contribution in [1.29, 1.82) is 0 Å². The number of likely N-dealkylation sites (N-methyl/N-ethyl adjacent to an activating group) is 2. The SMILES string of the molecule is CCN1CCCC1CN(C)C(=O)c1cccc(CCN)c1. The van der Waals surface area contributed by atoms with Gasteiger partial charge in [-0.05, 0) is 56.6 Å². The van der Waals surface area contributed by atoms with E-state index in [2.05, 4.69) is 11.8 Å². The van der Waals surface area contributed by atoms with Crippen LogP contribution in [-0.4, -0.2) is 55.0 Å². The zero-order valence-electron chi connectivity index (χ0n) is 13.2. The van der Waals surface area contributed by atoms with Gasteiger partial charge in [-0.2, -0.15) is 0 Å². The Kier molecular flexibility index (Phi) is 5.76. The van der Waals surface area contributed by atoms with Crippen molar-refractivity contribution in [3.63, 3.8) is 0 Å². The van der Waals surface area contributed by atoms with Gasteiger partial charge in [-0.25, -0.2) is 0 Å². The Hall–Kier alpha value is -1.39. The molecule has 116 valence electrons. The fraction of sp³-hybridized carbons (Fsp3) is 0.588. The summed E-state index contributed by atoms with van der Waals surface area (Å²) in [6.45, 7) is 5.85. The molecule has 2 N–H and O–H groups in total. The van der Waals surface area contributed by atoms with E-state index < -0.39 is 0 Å². The topological polar surface area (TPSA) is 49.6 Å². The molecule has 1 aliphatic rings. The van der Waals surface area contributed by atoms with Crippen LogP contribution >= 0.6 is 0 Å². The van der Waals surface area contributed by atoms with Gasteiger partial charge in [0, 0.05) is 25.2 Å². The highest BCUT2D eigenvalue weighted by atomic mass is 16.2. The summed E-state index contributed by atoms with van der Waals surface area (Å²) in [5, 5.41) is 0. The molecule has 0 aromatic heterocycles. The molecular weight excluding hydrogens is 262 g/mol. The third kappa shape index (κ3) is 4.05. The van der Waals surface area contributed by atoms with Gasteiger partial charge in [-0.3, -0.25) is 9.69 Å². The number of likely N-dealkylation sites (tertiary alicyclic amines) is 1. The summed E-state index contributed by atoms with van der Waals surface area (Å²) >= 11 is 0. The standard InChI is InChI=1S/C17H27N3O/c1-3-20-11-5-8-16(20)13-19(2)17(21)15-7-4-6-14(12-15)9-10-18/h4,6-7,12,16H,3,5,8-11,13,18H2,1-2H3. The van der Waals surface area contributed by atoms with Gasteiger partial charge in [0.25, 0.3) is 5.91 Å². The lowest BCUT2D eigenvalue weighted by Gasteiger charge is -2.28. The molecule has 4 nitrogen and oxygen atoms in total. The number of carbonyl (C=O) groups is 1. The van der Waals surface area contributed by atoms with Gasteiger partial charge in [0.15, 0.2) is 0 Å². The fourth-order valence-corrected chi connectivity index (χ4v) is 3.16. The van der Waals surface area contributed by atoms with Gasteiger partial charge in [-0.1, -0.05) is 19.1 Å². The summed E-state index contributed by atoms with van der Waals surface area (Å²) in [6, 6.07) is 8.35. The van der Waals surface area contributed by atoms with E-state index in [-0.39, 0.29) is 5.91 Å². The first kappa shape index (κ1) is 16.0. The Morgan fingerprint density at radius 2 is 2.29 bits per heavy atom. The third-order valence-electron chi connectivity index (χ3n) is 4.34. The van der Waals surface area contributed by atoms with Crippen LogP contribution in [0.1, 0.15) is 35.7 Å². The molecule has 1 aromatic rings. The lowest BCUT2D eigenvalue weighted by atomic mass is 10.1. The minimum Gasteiger partial charge on any atom is -0.340 e. The van der Waals surface area contributed by atoms with Crippen LogP contribution in [0.25, 0.3) is 0 Å². The van der Waals surface area contributed by atoms with E-state index in [1.165, 1.54) is 12.8 Å². The summed E-state index contributed by atoms with van der Waals surface area (Å²) in [6.07, 6.45) is 3.25. The van der Waals surface area contributed by atoms with Crippen molar-refractivity contribution >= 4 is 5.91 Å². The fourth-order valence-electron chi connectivity index (χ4n) is 3.16. The molecule has 0 spiro atoms. The molecule has 1 unspecified atom stereocenters. The molecule has 0 saturated carbocycles. The first-order valence-corrected chi connectivity index (χ1v) is 7.94. The van der Waals surface area contributed by atoms with Gasteiger partial charge in [0.2, 0.25) is 0 Å². The second kappa shape index (κ2) is 7.57. The highest BCUT2D eigenvalue weighted by Gasteiger charge is 2.25. The Morgan fingerprint density at radius 3 is 3.00 bits per heavy atom. The molecule has 1 aliphatic heterocycles. The van der Waals surface area contributed by atoms with E-state index in [0.29, 0.717) is 12.6 Å². The van der Waals surface area contributed by atoms with Crippen molar-refractivity contribution in [3.05, 3.63) is 35.4 Å². The number of nitrogens with two attached hydrogens (primary N) is 1. The van der Waals surface area contributed by atoms with Gasteiger partial charge in [-0.15, -0.1) is 0 Å². The van der Waals surface area contributed by atoms with E-state index in [1.807, 2.05) is 36.2 Å². The molecule has 21 heavy (non-hydrogen) atoms. The molecule has 0 aliphatic carbocycles. The minimum absolute atomic E-state index is 0.108. The van der Waals surface area contributed by atoms with E-state index >= 15 is 0 Å². The van der Waals surface area contributed by atoms with Crippen LogP contribution in [-0.2, 0) is 6.42 Å². The van der Waals surface area contributed by atoms with Crippen molar-refractivity contribution < 1.29 is 4.79 Å². The maximum Gasteiger partial charge on any atom is 0.253 e. The van der Waals surface area contributed by atoms with Crippen LogP contribution in [0, 0.1) is 0 Å².